The number of nitrogens with one attached hydrogen (secondary N) is 1. The Morgan fingerprint density at radius 3 is 2.58 bits per heavy atom. The van der Waals surface area contributed by atoms with E-state index in [0.29, 0.717) is 24.6 Å². The maximum atomic E-state index is 12.3. The van der Waals surface area contributed by atoms with Crippen LogP contribution in [0.5, 0.6) is 11.5 Å². The topological polar surface area (TPSA) is 85.8 Å². The van der Waals surface area contributed by atoms with Crippen LogP contribution in [-0.2, 0) is 16.1 Å². The highest BCUT2D eigenvalue weighted by atomic mass is 16.5. The molecule has 0 radical (unpaired) electrons. The number of ether oxygens (including phenoxy) is 3. The molecule has 1 aliphatic rings. The Labute approximate surface area is 234 Å². The summed E-state index contributed by atoms with van der Waals surface area (Å²) < 4.78 is 16.7. The first-order valence-electron chi connectivity index (χ1n) is 13.5. The summed E-state index contributed by atoms with van der Waals surface area (Å²) in [6, 6.07) is 22.9. The van der Waals surface area contributed by atoms with Gasteiger partial charge in [-0.3, -0.25) is 4.90 Å². The Kier molecular flexibility index (Phi) is 9.55. The van der Waals surface area contributed by atoms with Gasteiger partial charge < -0.3 is 19.5 Å². The molecular weight excluding hydrogens is 504 g/mol. The summed E-state index contributed by atoms with van der Waals surface area (Å²) in [5, 5.41) is 4.05. The lowest BCUT2D eigenvalue weighted by Gasteiger charge is -2.26. The highest BCUT2D eigenvalue weighted by Gasteiger charge is 2.10. The second-order valence-corrected chi connectivity index (χ2v) is 9.43. The Bertz CT molecular complexity index is 1460. The predicted octanol–water partition coefficient (Wildman–Crippen LogP) is 5.36. The van der Waals surface area contributed by atoms with Gasteiger partial charge in [0.25, 0.3) is 0 Å². The van der Waals surface area contributed by atoms with Crippen molar-refractivity contribution in [1.29, 1.82) is 0 Å². The van der Waals surface area contributed by atoms with Crippen LogP contribution < -0.4 is 14.8 Å². The van der Waals surface area contributed by atoms with Crippen molar-refractivity contribution < 1.29 is 19.0 Å². The van der Waals surface area contributed by atoms with Crippen LogP contribution in [0.25, 0.3) is 10.9 Å². The lowest BCUT2D eigenvalue weighted by molar-refractivity contribution is -0.128. The number of unbranched alkanes of at least 4 members (excludes halogenated alkanes) is 2. The van der Waals surface area contributed by atoms with Crippen molar-refractivity contribution in [2.24, 2.45) is 0 Å². The average molecular weight is 537 g/mol. The van der Waals surface area contributed by atoms with Gasteiger partial charge in [-0.1, -0.05) is 36.3 Å². The minimum atomic E-state index is -0.579. The van der Waals surface area contributed by atoms with E-state index in [1.165, 1.54) is 6.33 Å². The highest BCUT2D eigenvalue weighted by molar-refractivity contribution is 5.94. The zero-order valence-electron chi connectivity index (χ0n) is 22.3. The molecule has 2 heterocycles. The SMILES string of the molecule is O=C(C#CCCCCN1CCOCC1)Oc1ccc2ncnc(Nc3ccc(OCc4ccccc4)cc3)c2c1. The quantitative estimate of drug-likeness (QED) is 0.0953. The van der Waals surface area contributed by atoms with Crippen LogP contribution in [0.2, 0.25) is 0 Å². The van der Waals surface area contributed by atoms with Gasteiger partial charge in [0.15, 0.2) is 0 Å². The van der Waals surface area contributed by atoms with Crippen LogP contribution in [0, 0.1) is 11.8 Å². The number of hydrogen-bond acceptors (Lipinski definition) is 8. The number of anilines is 2. The Morgan fingerprint density at radius 2 is 1.75 bits per heavy atom. The third-order valence-electron chi connectivity index (χ3n) is 6.50. The predicted molar refractivity (Wildman–Crippen MR) is 155 cm³/mol. The van der Waals surface area contributed by atoms with E-state index in [2.05, 4.69) is 32.0 Å². The van der Waals surface area contributed by atoms with Crippen LogP contribution >= 0.6 is 0 Å². The minimum absolute atomic E-state index is 0.390. The van der Waals surface area contributed by atoms with E-state index in [1.54, 1.807) is 18.2 Å². The molecule has 8 heteroatoms. The van der Waals surface area contributed by atoms with Crippen LogP contribution in [0.3, 0.4) is 0 Å². The zero-order chi connectivity index (χ0) is 27.4. The van der Waals surface area contributed by atoms with Crippen molar-refractivity contribution in [2.75, 3.05) is 38.2 Å². The number of nitrogens with zero attached hydrogens (tertiary/aromatic N) is 3. The molecule has 0 atom stereocenters. The smallest absolute Gasteiger partial charge is 0.389 e. The average Bonchev–Trinajstić information content (AvgIpc) is 3.00. The molecule has 40 heavy (non-hydrogen) atoms. The molecule has 1 aliphatic heterocycles. The van der Waals surface area contributed by atoms with Gasteiger partial charge in [0.05, 0.1) is 18.7 Å². The van der Waals surface area contributed by atoms with Gasteiger partial charge in [-0.15, -0.1) is 0 Å². The first-order chi connectivity index (χ1) is 19.7. The molecule has 0 unspecified atom stereocenters. The van der Waals surface area contributed by atoms with Crippen LogP contribution in [0.15, 0.2) is 79.1 Å². The van der Waals surface area contributed by atoms with Crippen molar-refractivity contribution >= 4 is 28.4 Å². The molecule has 4 aromatic rings. The van der Waals surface area contributed by atoms with Gasteiger partial charge in [0, 0.05) is 36.5 Å². The van der Waals surface area contributed by atoms with Crippen LogP contribution in [-0.4, -0.2) is 53.7 Å². The number of benzene rings is 3. The molecule has 5 rings (SSSR count). The number of rotatable bonds is 10. The molecule has 8 nitrogen and oxygen atoms in total. The highest BCUT2D eigenvalue weighted by Crippen LogP contribution is 2.27. The molecule has 1 fully saturated rings. The summed E-state index contributed by atoms with van der Waals surface area (Å²) >= 11 is 0. The first kappa shape index (κ1) is 27.1. The fourth-order valence-corrected chi connectivity index (χ4v) is 4.35. The second-order valence-electron chi connectivity index (χ2n) is 9.43. The molecule has 1 aromatic heterocycles. The number of aromatic nitrogens is 2. The third kappa shape index (κ3) is 8.03. The maximum Gasteiger partial charge on any atom is 0.389 e. The molecule has 3 aromatic carbocycles. The first-order valence-corrected chi connectivity index (χ1v) is 13.5. The zero-order valence-corrected chi connectivity index (χ0v) is 22.3. The molecule has 1 N–H and O–H groups in total. The number of hydrogen-bond donors (Lipinski definition) is 1. The molecule has 1 saturated heterocycles. The standard InChI is InChI=1S/C32H32N4O4/c37-31(10-6-1-2-7-17-36-18-20-38-21-19-36)40-28-15-16-30-29(22-28)32(34-24-33-30)35-26-11-13-27(14-12-26)39-23-25-8-4-3-5-9-25/h3-5,8-9,11-16,22,24H,1-2,7,17-21,23H2,(H,33,34,35). The molecule has 0 aliphatic carbocycles. The summed E-state index contributed by atoms with van der Waals surface area (Å²) in [6.45, 7) is 5.14. The lowest BCUT2D eigenvalue weighted by Crippen LogP contribution is -2.36. The fraction of sp³-hybridized carbons (Fsp3) is 0.281. The Morgan fingerprint density at radius 1 is 0.950 bits per heavy atom. The van der Waals surface area contributed by atoms with Crippen molar-refractivity contribution in [1.82, 2.24) is 14.9 Å². The Balaban J connectivity index is 1.14. The summed E-state index contributed by atoms with van der Waals surface area (Å²) in [5.74, 6) is 6.71. The number of fused-ring (bicyclic) bond motifs is 1. The van der Waals surface area contributed by atoms with E-state index in [4.69, 9.17) is 14.2 Å². The van der Waals surface area contributed by atoms with E-state index in [9.17, 15) is 4.79 Å². The van der Waals surface area contributed by atoms with Gasteiger partial charge in [-0.25, -0.2) is 14.8 Å². The van der Waals surface area contributed by atoms with E-state index >= 15 is 0 Å². The fourth-order valence-electron chi connectivity index (χ4n) is 4.35. The number of carbonyl (C=O) groups excluding carboxylic acids is 1. The van der Waals surface area contributed by atoms with Gasteiger partial charge in [0.2, 0.25) is 0 Å². The van der Waals surface area contributed by atoms with Crippen molar-refractivity contribution in [2.45, 2.75) is 25.9 Å². The summed E-state index contributed by atoms with van der Waals surface area (Å²) in [5.41, 5.74) is 2.68. The van der Waals surface area contributed by atoms with Gasteiger partial charge >= 0.3 is 5.97 Å². The lowest BCUT2D eigenvalue weighted by atomic mass is 10.2. The van der Waals surface area contributed by atoms with E-state index in [1.807, 2.05) is 54.6 Å². The molecule has 0 spiro atoms. The molecule has 0 bridgehead atoms. The summed E-state index contributed by atoms with van der Waals surface area (Å²) in [7, 11) is 0. The maximum absolute atomic E-state index is 12.3. The number of carbonyl (C=O) groups is 1. The third-order valence-corrected chi connectivity index (χ3v) is 6.50. The van der Waals surface area contributed by atoms with E-state index < -0.39 is 5.97 Å². The summed E-state index contributed by atoms with van der Waals surface area (Å²) in [4.78, 5) is 23.4. The van der Waals surface area contributed by atoms with Crippen molar-refractivity contribution in [3.63, 3.8) is 0 Å². The van der Waals surface area contributed by atoms with Gasteiger partial charge in [0.1, 0.15) is 30.3 Å². The largest absolute Gasteiger partial charge is 0.489 e. The van der Waals surface area contributed by atoms with Crippen molar-refractivity contribution in [3.8, 4) is 23.3 Å². The molecule has 0 saturated carbocycles. The Hall–Kier alpha value is -4.45. The summed E-state index contributed by atoms with van der Waals surface area (Å²) in [6.07, 6.45) is 4.15. The molecule has 204 valence electrons. The van der Waals surface area contributed by atoms with Gasteiger partial charge in [-0.05, 0) is 67.4 Å². The minimum Gasteiger partial charge on any atom is -0.489 e. The normalized spacial score (nSPS) is 13.3. The van der Waals surface area contributed by atoms with Gasteiger partial charge in [-0.2, -0.15) is 0 Å². The second kappa shape index (κ2) is 14.1. The number of morpholine rings is 1. The molecular formula is C32H32N4O4. The van der Waals surface area contributed by atoms with Crippen LogP contribution in [0.1, 0.15) is 24.8 Å². The van der Waals surface area contributed by atoms with Crippen LogP contribution in [0.4, 0.5) is 11.5 Å². The molecule has 0 amide bonds. The monoisotopic (exact) mass is 536 g/mol. The van der Waals surface area contributed by atoms with E-state index in [-0.39, 0.29) is 0 Å². The van der Waals surface area contributed by atoms with E-state index in [0.717, 1.165) is 73.6 Å². The number of esters is 1. The van der Waals surface area contributed by atoms with Crippen molar-refractivity contribution in [3.05, 3.63) is 84.7 Å².